The van der Waals surface area contributed by atoms with Gasteiger partial charge in [0.1, 0.15) is 5.60 Å². The monoisotopic (exact) mass is 267 g/mol. The Hall–Kier alpha value is -1.56. The molecule has 0 unspecified atom stereocenters. The predicted molar refractivity (Wildman–Crippen MR) is 69.8 cm³/mol. The molecule has 1 aliphatic rings. The summed E-state index contributed by atoms with van der Waals surface area (Å²) in [4.78, 5) is 17.6. The maximum absolute atomic E-state index is 12.0. The summed E-state index contributed by atoms with van der Waals surface area (Å²) in [5, 5.41) is 10.1. The predicted octanol–water partition coefficient (Wildman–Crippen LogP) is 1.12. The fourth-order valence-corrected chi connectivity index (χ4v) is 2.28. The highest BCUT2D eigenvalue weighted by molar-refractivity contribution is 5.68. The lowest BCUT2D eigenvalue weighted by atomic mass is 10.0. The van der Waals surface area contributed by atoms with E-state index in [1.165, 1.54) is 0 Å². The van der Waals surface area contributed by atoms with Crippen molar-refractivity contribution in [1.29, 1.82) is 0 Å². The number of amides is 1. The third-order valence-corrected chi connectivity index (χ3v) is 3.17. The normalized spacial score (nSPS) is 23.7. The molecule has 6 heteroatoms. The number of β-amino-alcohol motifs (C(OH)–C–C–N with tert-alkyl or cyclic N) is 1. The molecule has 0 saturated carbocycles. The van der Waals surface area contributed by atoms with E-state index < -0.39 is 11.7 Å². The van der Waals surface area contributed by atoms with Crippen LogP contribution in [0, 0.1) is 0 Å². The molecule has 1 saturated heterocycles. The number of hydrogen-bond donors (Lipinski definition) is 1. The summed E-state index contributed by atoms with van der Waals surface area (Å²) in [5.41, 5.74) is 0.408. The van der Waals surface area contributed by atoms with Gasteiger partial charge in [0.25, 0.3) is 0 Å². The van der Waals surface area contributed by atoms with Crippen LogP contribution in [-0.4, -0.2) is 50.4 Å². The number of carbonyl (C=O) groups excluding carboxylic acids is 1. The van der Waals surface area contributed by atoms with Crippen LogP contribution < -0.4 is 0 Å². The SMILES string of the molecule is Cn1cncc1[C@@H]1CN(C(=O)OC(C)(C)C)C[C@H]1O. The molecule has 1 aromatic rings. The van der Waals surface area contributed by atoms with E-state index >= 15 is 0 Å². The second kappa shape index (κ2) is 4.85. The summed E-state index contributed by atoms with van der Waals surface area (Å²) < 4.78 is 7.19. The van der Waals surface area contributed by atoms with Crippen LogP contribution in [0.5, 0.6) is 0 Å². The Kier molecular flexibility index (Phi) is 3.54. The lowest BCUT2D eigenvalue weighted by molar-refractivity contribution is 0.0270. The smallest absolute Gasteiger partial charge is 0.410 e. The van der Waals surface area contributed by atoms with E-state index in [1.807, 2.05) is 32.4 Å². The summed E-state index contributed by atoms with van der Waals surface area (Å²) >= 11 is 0. The molecule has 0 aliphatic carbocycles. The molecule has 0 aromatic carbocycles. The first kappa shape index (κ1) is 13.9. The topological polar surface area (TPSA) is 67.6 Å². The third kappa shape index (κ3) is 3.07. The van der Waals surface area contributed by atoms with E-state index in [4.69, 9.17) is 4.74 Å². The number of rotatable bonds is 1. The molecule has 1 amide bonds. The standard InChI is InChI=1S/C13H21N3O3/c1-13(2,3)19-12(18)16-6-9(11(17)7-16)10-5-14-8-15(10)4/h5,8-9,11,17H,6-7H2,1-4H3/t9-,11+/m0/s1. The van der Waals surface area contributed by atoms with Crippen molar-refractivity contribution in [2.24, 2.45) is 7.05 Å². The highest BCUT2D eigenvalue weighted by Gasteiger charge is 2.38. The van der Waals surface area contributed by atoms with Crippen molar-refractivity contribution in [2.75, 3.05) is 13.1 Å². The minimum absolute atomic E-state index is 0.111. The number of ether oxygens (including phenoxy) is 1. The van der Waals surface area contributed by atoms with E-state index in [2.05, 4.69) is 4.98 Å². The molecular formula is C13H21N3O3. The van der Waals surface area contributed by atoms with E-state index in [-0.39, 0.29) is 12.0 Å². The highest BCUT2D eigenvalue weighted by Crippen LogP contribution is 2.28. The Morgan fingerprint density at radius 3 is 2.68 bits per heavy atom. The van der Waals surface area contributed by atoms with Gasteiger partial charge in [-0.15, -0.1) is 0 Å². The van der Waals surface area contributed by atoms with Crippen LogP contribution in [0.3, 0.4) is 0 Å². The quantitative estimate of drug-likeness (QED) is 0.828. The zero-order chi connectivity index (χ0) is 14.2. The first-order valence-electron chi connectivity index (χ1n) is 6.40. The van der Waals surface area contributed by atoms with E-state index in [0.29, 0.717) is 13.1 Å². The largest absolute Gasteiger partial charge is 0.444 e. The second-order valence-electron chi connectivity index (χ2n) is 5.99. The van der Waals surface area contributed by atoms with Crippen molar-refractivity contribution in [3.8, 4) is 0 Å². The van der Waals surface area contributed by atoms with Gasteiger partial charge >= 0.3 is 6.09 Å². The lowest BCUT2D eigenvalue weighted by Gasteiger charge is -2.24. The van der Waals surface area contributed by atoms with Gasteiger partial charge in [0.05, 0.1) is 19.0 Å². The van der Waals surface area contributed by atoms with Gasteiger partial charge in [0.2, 0.25) is 0 Å². The molecule has 106 valence electrons. The maximum Gasteiger partial charge on any atom is 0.410 e. The molecule has 19 heavy (non-hydrogen) atoms. The van der Waals surface area contributed by atoms with E-state index in [9.17, 15) is 9.90 Å². The van der Waals surface area contributed by atoms with E-state index in [1.54, 1.807) is 17.4 Å². The molecule has 1 N–H and O–H groups in total. The Morgan fingerprint density at radius 1 is 1.47 bits per heavy atom. The average molecular weight is 267 g/mol. The summed E-state index contributed by atoms with van der Waals surface area (Å²) in [6, 6.07) is 0. The first-order valence-corrected chi connectivity index (χ1v) is 6.40. The van der Waals surface area contributed by atoms with Crippen LogP contribution in [0.4, 0.5) is 4.79 Å². The molecular weight excluding hydrogens is 246 g/mol. The molecule has 0 bridgehead atoms. The van der Waals surface area contributed by atoms with E-state index in [0.717, 1.165) is 5.69 Å². The van der Waals surface area contributed by atoms with Crippen LogP contribution in [-0.2, 0) is 11.8 Å². The summed E-state index contributed by atoms with van der Waals surface area (Å²) in [5.74, 6) is -0.111. The number of nitrogens with zero attached hydrogens (tertiary/aromatic N) is 3. The molecule has 6 nitrogen and oxygen atoms in total. The number of carbonyl (C=O) groups is 1. The van der Waals surface area contributed by atoms with Crippen LogP contribution in [0.1, 0.15) is 32.4 Å². The van der Waals surface area contributed by atoms with Gasteiger partial charge in [0.15, 0.2) is 0 Å². The average Bonchev–Trinajstić information content (AvgIpc) is 2.82. The number of hydrogen-bond acceptors (Lipinski definition) is 4. The Labute approximate surface area is 113 Å². The summed E-state index contributed by atoms with van der Waals surface area (Å²) in [7, 11) is 1.88. The minimum Gasteiger partial charge on any atom is -0.444 e. The number of aliphatic hydroxyl groups is 1. The molecule has 1 fully saturated rings. The third-order valence-electron chi connectivity index (χ3n) is 3.17. The zero-order valence-corrected chi connectivity index (χ0v) is 11.8. The van der Waals surface area contributed by atoms with Gasteiger partial charge in [-0.3, -0.25) is 0 Å². The van der Waals surface area contributed by atoms with Crippen molar-refractivity contribution in [3.63, 3.8) is 0 Å². The molecule has 0 radical (unpaired) electrons. The maximum atomic E-state index is 12.0. The fourth-order valence-electron chi connectivity index (χ4n) is 2.28. The molecule has 0 spiro atoms. The number of aryl methyl sites for hydroxylation is 1. The van der Waals surface area contributed by atoms with Crippen LogP contribution in [0.15, 0.2) is 12.5 Å². The van der Waals surface area contributed by atoms with Crippen molar-refractivity contribution in [3.05, 3.63) is 18.2 Å². The summed E-state index contributed by atoms with van der Waals surface area (Å²) in [6.07, 6.45) is 2.46. The van der Waals surface area contributed by atoms with Gasteiger partial charge < -0.3 is 19.3 Å². The van der Waals surface area contributed by atoms with Crippen molar-refractivity contribution in [2.45, 2.75) is 38.4 Å². The second-order valence-corrected chi connectivity index (χ2v) is 5.99. The molecule has 1 aromatic heterocycles. The molecule has 2 atom stereocenters. The Bertz CT molecular complexity index is 464. The van der Waals surface area contributed by atoms with Gasteiger partial charge in [-0.05, 0) is 20.8 Å². The number of imidazole rings is 1. The minimum atomic E-state index is -0.581. The summed E-state index contributed by atoms with van der Waals surface area (Å²) in [6.45, 7) is 6.24. The highest BCUT2D eigenvalue weighted by atomic mass is 16.6. The first-order chi connectivity index (χ1) is 8.78. The lowest BCUT2D eigenvalue weighted by Crippen LogP contribution is -2.35. The fraction of sp³-hybridized carbons (Fsp3) is 0.692. The molecule has 2 heterocycles. The van der Waals surface area contributed by atoms with Crippen LogP contribution in [0.25, 0.3) is 0 Å². The molecule has 1 aliphatic heterocycles. The van der Waals surface area contributed by atoms with Gasteiger partial charge in [0, 0.05) is 31.4 Å². The van der Waals surface area contributed by atoms with Gasteiger partial charge in [-0.2, -0.15) is 0 Å². The Morgan fingerprint density at radius 2 is 2.16 bits per heavy atom. The van der Waals surface area contributed by atoms with Crippen molar-refractivity contribution in [1.82, 2.24) is 14.5 Å². The zero-order valence-electron chi connectivity index (χ0n) is 11.8. The number of likely N-dealkylation sites (tertiary alicyclic amines) is 1. The Balaban J connectivity index is 2.06. The van der Waals surface area contributed by atoms with Gasteiger partial charge in [-0.1, -0.05) is 0 Å². The number of aliphatic hydroxyl groups excluding tert-OH is 1. The van der Waals surface area contributed by atoms with Crippen LogP contribution in [0.2, 0.25) is 0 Å². The van der Waals surface area contributed by atoms with Crippen molar-refractivity contribution >= 4 is 6.09 Å². The van der Waals surface area contributed by atoms with Crippen molar-refractivity contribution < 1.29 is 14.6 Å². The molecule has 2 rings (SSSR count). The van der Waals surface area contributed by atoms with Crippen LogP contribution >= 0.6 is 0 Å². The van der Waals surface area contributed by atoms with Gasteiger partial charge in [-0.25, -0.2) is 9.78 Å². The number of aromatic nitrogens is 2.